The number of fused-ring (bicyclic) bond motifs is 1. The van der Waals surface area contributed by atoms with Crippen molar-refractivity contribution in [1.82, 2.24) is 20.4 Å². The highest BCUT2D eigenvalue weighted by atomic mass is 35.5. The maximum Gasteiger partial charge on any atom is 0.245 e. The van der Waals surface area contributed by atoms with E-state index in [1.54, 1.807) is 6.07 Å². The summed E-state index contributed by atoms with van der Waals surface area (Å²) in [5.41, 5.74) is 3.82. The summed E-state index contributed by atoms with van der Waals surface area (Å²) in [6, 6.07) is 14.3. The van der Waals surface area contributed by atoms with E-state index in [4.69, 9.17) is 11.6 Å². The minimum atomic E-state index is -0.437. The molecule has 2 N–H and O–H groups in total. The molecule has 5 rings (SSSR count). The van der Waals surface area contributed by atoms with Crippen molar-refractivity contribution in [2.24, 2.45) is 5.92 Å². The molecule has 3 atom stereocenters. The van der Waals surface area contributed by atoms with Crippen molar-refractivity contribution in [3.63, 3.8) is 0 Å². The molecule has 2 aromatic rings. The second-order valence-electron chi connectivity index (χ2n) is 10.6. The third kappa shape index (κ3) is 7.27. The molecule has 0 aromatic heterocycles. The van der Waals surface area contributed by atoms with Gasteiger partial charge in [-0.3, -0.25) is 9.69 Å². The average Bonchev–Trinajstić information content (AvgIpc) is 3.14. The number of piperazine rings is 1. The van der Waals surface area contributed by atoms with Crippen LogP contribution in [0, 0.1) is 11.7 Å². The molecule has 2 heterocycles. The van der Waals surface area contributed by atoms with Crippen LogP contribution in [0.25, 0.3) is 0 Å². The molecule has 204 valence electrons. The highest BCUT2D eigenvalue weighted by Crippen LogP contribution is 2.23. The van der Waals surface area contributed by atoms with Gasteiger partial charge in [-0.25, -0.2) is 4.39 Å². The van der Waals surface area contributed by atoms with Gasteiger partial charge in [-0.15, -0.1) is 0 Å². The van der Waals surface area contributed by atoms with Crippen LogP contribution >= 0.6 is 11.6 Å². The van der Waals surface area contributed by atoms with Gasteiger partial charge < -0.3 is 15.5 Å². The summed E-state index contributed by atoms with van der Waals surface area (Å²) in [5, 5.41) is 7.78. The van der Waals surface area contributed by atoms with Crippen LogP contribution in [0.3, 0.4) is 0 Å². The van der Waals surface area contributed by atoms with Crippen molar-refractivity contribution in [3.8, 4) is 0 Å². The van der Waals surface area contributed by atoms with Crippen molar-refractivity contribution in [2.45, 2.75) is 31.5 Å². The molecule has 0 radical (unpaired) electrons. The molecule has 2 aromatic carbocycles. The van der Waals surface area contributed by atoms with Gasteiger partial charge in [0.25, 0.3) is 0 Å². The van der Waals surface area contributed by atoms with E-state index in [0.29, 0.717) is 62.1 Å². The second-order valence-corrected chi connectivity index (χ2v) is 11.0. The predicted octanol–water partition coefficient (Wildman–Crippen LogP) is 4.87. The van der Waals surface area contributed by atoms with Crippen LogP contribution in [0.4, 0.5) is 4.39 Å². The zero-order chi connectivity index (χ0) is 27.2. The minimum Gasteiger partial charge on any atom is -0.377 e. The Kier molecular flexibility index (Phi) is 8.97. The molecular formula is C32H36ClFN4O. The van der Waals surface area contributed by atoms with Crippen LogP contribution in [0.15, 0.2) is 96.8 Å². The summed E-state index contributed by atoms with van der Waals surface area (Å²) in [6.07, 6.45) is 12.1. The maximum absolute atomic E-state index is 14.1. The lowest BCUT2D eigenvalue weighted by Crippen LogP contribution is -2.54. The van der Waals surface area contributed by atoms with E-state index < -0.39 is 6.04 Å². The number of carbonyl (C=O) groups is 1. The molecule has 1 aliphatic carbocycles. The maximum atomic E-state index is 14.1. The van der Waals surface area contributed by atoms with Gasteiger partial charge in [0.15, 0.2) is 0 Å². The molecule has 0 spiro atoms. The second kappa shape index (κ2) is 12.8. The van der Waals surface area contributed by atoms with Gasteiger partial charge in [0.05, 0.1) is 0 Å². The number of nitrogens with zero attached hydrogens (tertiary/aromatic N) is 2. The Labute approximate surface area is 235 Å². The third-order valence-corrected chi connectivity index (χ3v) is 7.93. The van der Waals surface area contributed by atoms with Crippen molar-refractivity contribution >= 4 is 17.5 Å². The van der Waals surface area contributed by atoms with E-state index in [2.05, 4.69) is 52.5 Å². The van der Waals surface area contributed by atoms with Crippen molar-refractivity contribution in [2.75, 3.05) is 32.7 Å². The summed E-state index contributed by atoms with van der Waals surface area (Å²) >= 11 is 6.11. The number of halogens is 2. The largest absolute Gasteiger partial charge is 0.377 e. The highest BCUT2D eigenvalue weighted by Gasteiger charge is 2.29. The van der Waals surface area contributed by atoms with E-state index >= 15 is 0 Å². The molecule has 1 fully saturated rings. The lowest BCUT2D eigenvalue weighted by atomic mass is 9.93. The number of hydrogen-bond acceptors (Lipinski definition) is 4. The van der Waals surface area contributed by atoms with E-state index in [1.807, 2.05) is 41.3 Å². The molecule has 2 bridgehead atoms. The number of benzene rings is 2. The summed E-state index contributed by atoms with van der Waals surface area (Å²) in [5.74, 6) is 0.283. The van der Waals surface area contributed by atoms with E-state index in [9.17, 15) is 9.18 Å². The fourth-order valence-corrected chi connectivity index (χ4v) is 5.63. The van der Waals surface area contributed by atoms with Gasteiger partial charge in [0.1, 0.15) is 11.9 Å². The Bertz CT molecular complexity index is 1260. The number of allylic oxidation sites excluding steroid dienone is 2. The molecule has 39 heavy (non-hydrogen) atoms. The summed E-state index contributed by atoms with van der Waals surface area (Å²) in [7, 11) is 0. The fourth-order valence-electron chi connectivity index (χ4n) is 5.50. The fraction of sp³-hybridized carbons (Fsp3) is 0.344. The summed E-state index contributed by atoms with van der Waals surface area (Å²) < 4.78 is 14.1. The molecule has 1 saturated heterocycles. The molecule has 3 unspecified atom stereocenters. The van der Waals surface area contributed by atoms with Gasteiger partial charge >= 0.3 is 0 Å². The van der Waals surface area contributed by atoms with Crippen LogP contribution in [0.2, 0.25) is 5.02 Å². The summed E-state index contributed by atoms with van der Waals surface area (Å²) in [4.78, 5) is 17.9. The normalized spacial score (nSPS) is 21.7. The minimum absolute atomic E-state index is 0.0612. The standard InChI is InChI=1S/C32H36ClFN4O/c1-23(18-30-26-7-3-2-6-25(19-26)21-35-30)36-31(20-24-10-12-28(33)13-11-24)32(39)38-16-14-37(15-17-38)22-27-8-4-5-9-29(27)34/h2-13,19,25,30-31,35-36H,1,14-18,20-22H2. The Hall–Kier alpha value is -3.19. The first-order chi connectivity index (χ1) is 18.9. The Morgan fingerprint density at radius 1 is 1.10 bits per heavy atom. The molecule has 3 aliphatic rings. The van der Waals surface area contributed by atoms with E-state index in [0.717, 1.165) is 17.8 Å². The van der Waals surface area contributed by atoms with Crippen LogP contribution in [-0.2, 0) is 17.8 Å². The van der Waals surface area contributed by atoms with Crippen LogP contribution in [-0.4, -0.2) is 60.5 Å². The van der Waals surface area contributed by atoms with E-state index in [1.165, 1.54) is 11.6 Å². The van der Waals surface area contributed by atoms with Crippen molar-refractivity contribution in [1.29, 1.82) is 0 Å². The van der Waals surface area contributed by atoms with Gasteiger partial charge in [0.2, 0.25) is 5.91 Å². The van der Waals surface area contributed by atoms with Gasteiger partial charge in [-0.1, -0.05) is 78.9 Å². The smallest absolute Gasteiger partial charge is 0.245 e. The monoisotopic (exact) mass is 546 g/mol. The van der Waals surface area contributed by atoms with Gasteiger partial charge in [0, 0.05) is 80.4 Å². The quantitative estimate of drug-likeness (QED) is 0.471. The van der Waals surface area contributed by atoms with Gasteiger partial charge in [-0.05, 0) is 29.3 Å². The number of rotatable bonds is 9. The number of nitrogens with one attached hydrogen (secondary N) is 2. The van der Waals surface area contributed by atoms with Crippen LogP contribution < -0.4 is 10.6 Å². The molecule has 5 nitrogen and oxygen atoms in total. The average molecular weight is 547 g/mol. The first-order valence-electron chi connectivity index (χ1n) is 13.7. The number of amides is 1. The number of hydrogen-bond donors (Lipinski definition) is 2. The number of carbonyl (C=O) groups excluding carboxylic acids is 1. The Balaban J connectivity index is 1.23. The molecule has 7 heteroatoms. The lowest BCUT2D eigenvalue weighted by Gasteiger charge is -2.37. The van der Waals surface area contributed by atoms with Crippen LogP contribution in [0.5, 0.6) is 0 Å². The third-order valence-electron chi connectivity index (χ3n) is 7.68. The van der Waals surface area contributed by atoms with Crippen molar-refractivity contribution < 1.29 is 9.18 Å². The Morgan fingerprint density at radius 3 is 2.64 bits per heavy atom. The van der Waals surface area contributed by atoms with E-state index in [-0.39, 0.29) is 17.8 Å². The van der Waals surface area contributed by atoms with Crippen LogP contribution in [0.1, 0.15) is 17.5 Å². The van der Waals surface area contributed by atoms with Crippen molar-refractivity contribution in [3.05, 3.63) is 119 Å². The molecule has 2 aliphatic heterocycles. The van der Waals surface area contributed by atoms with Gasteiger partial charge in [-0.2, -0.15) is 0 Å². The predicted molar refractivity (Wildman–Crippen MR) is 156 cm³/mol. The topological polar surface area (TPSA) is 47.6 Å². The molecular weight excluding hydrogens is 511 g/mol. The highest BCUT2D eigenvalue weighted by molar-refractivity contribution is 6.30. The lowest BCUT2D eigenvalue weighted by molar-refractivity contribution is -0.135. The SMILES string of the molecule is C=C(CC1NCC2C=CC=CC1=C2)NC(Cc1ccc(Cl)cc1)C(=O)N1CCN(Cc2ccccc2F)CC1. The first kappa shape index (κ1) is 27.4. The first-order valence-corrected chi connectivity index (χ1v) is 14.1. The zero-order valence-electron chi connectivity index (χ0n) is 22.2. The zero-order valence-corrected chi connectivity index (χ0v) is 22.9. The molecule has 1 amide bonds. The Morgan fingerprint density at radius 2 is 1.87 bits per heavy atom. The molecule has 0 saturated carbocycles. The summed E-state index contributed by atoms with van der Waals surface area (Å²) in [6.45, 7) is 8.38.